The van der Waals surface area contributed by atoms with Crippen LogP contribution in [0, 0.1) is 0 Å². The molecule has 176 valence electrons. The van der Waals surface area contributed by atoms with Gasteiger partial charge in [0.2, 0.25) is 0 Å². The molecular formula is C22H24F6N2O2. The quantitative estimate of drug-likeness (QED) is 0.503. The fourth-order valence-electron chi connectivity index (χ4n) is 3.58. The van der Waals surface area contributed by atoms with Crippen LogP contribution in [0.3, 0.4) is 0 Å². The lowest BCUT2D eigenvalue weighted by molar-refractivity contribution is -0.154. The number of hydrazine groups is 1. The summed E-state index contributed by atoms with van der Waals surface area (Å²) in [5, 5.41) is 2.01. The summed E-state index contributed by atoms with van der Waals surface area (Å²) >= 11 is 0. The van der Waals surface area contributed by atoms with Gasteiger partial charge in [0.15, 0.2) is 13.2 Å². The molecule has 0 amide bonds. The van der Waals surface area contributed by atoms with E-state index in [0.29, 0.717) is 0 Å². The van der Waals surface area contributed by atoms with Gasteiger partial charge in [0, 0.05) is 24.7 Å². The molecule has 1 saturated heterocycles. The summed E-state index contributed by atoms with van der Waals surface area (Å²) in [6.07, 6.45) is -6.17. The molecule has 1 N–H and O–H groups in total. The third-order valence-electron chi connectivity index (χ3n) is 4.99. The lowest BCUT2D eigenvalue weighted by Crippen LogP contribution is -2.43. The van der Waals surface area contributed by atoms with Crippen molar-refractivity contribution in [3.8, 4) is 11.5 Å². The lowest BCUT2D eigenvalue weighted by atomic mass is 9.97. The number of rotatable bonds is 8. The van der Waals surface area contributed by atoms with Gasteiger partial charge in [-0.05, 0) is 36.6 Å². The highest BCUT2D eigenvalue weighted by Gasteiger charge is 2.30. The third-order valence-corrected chi connectivity index (χ3v) is 4.99. The van der Waals surface area contributed by atoms with Crippen LogP contribution in [0.25, 0.3) is 0 Å². The highest BCUT2D eigenvalue weighted by molar-refractivity contribution is 5.40. The van der Waals surface area contributed by atoms with Crippen molar-refractivity contribution in [2.45, 2.75) is 44.2 Å². The Balaban J connectivity index is 1.75. The number of benzene rings is 2. The predicted molar refractivity (Wildman–Crippen MR) is 106 cm³/mol. The zero-order valence-electron chi connectivity index (χ0n) is 17.2. The molecule has 2 aromatic rings. The monoisotopic (exact) mass is 462 g/mol. The van der Waals surface area contributed by atoms with Gasteiger partial charge in [-0.1, -0.05) is 36.8 Å². The minimum absolute atomic E-state index is 0.0672. The van der Waals surface area contributed by atoms with E-state index in [1.165, 1.54) is 12.1 Å². The normalized spacial score (nSPS) is 17.9. The van der Waals surface area contributed by atoms with Gasteiger partial charge < -0.3 is 9.47 Å². The Morgan fingerprint density at radius 1 is 0.875 bits per heavy atom. The number of hydrogen-bond donors (Lipinski definition) is 1. The molecule has 32 heavy (non-hydrogen) atoms. The second kappa shape index (κ2) is 10.4. The molecule has 1 heterocycles. The van der Waals surface area contributed by atoms with Gasteiger partial charge in [-0.2, -0.15) is 26.3 Å². The first-order valence-corrected chi connectivity index (χ1v) is 10.2. The van der Waals surface area contributed by atoms with E-state index in [0.717, 1.165) is 37.4 Å². The Bertz CT molecular complexity index is 858. The lowest BCUT2D eigenvalue weighted by Gasteiger charge is -2.36. The van der Waals surface area contributed by atoms with Crippen LogP contribution in [-0.2, 0) is 6.54 Å². The molecule has 0 bridgehead atoms. The maximum absolute atomic E-state index is 12.6. The SMILES string of the molecule is FC(F)(F)COc1ccc(OCC(F)(F)F)c(CNN2CCCCC2c2ccccc2)c1. The number of piperidine rings is 1. The van der Waals surface area contributed by atoms with Crippen LogP contribution in [0.5, 0.6) is 11.5 Å². The van der Waals surface area contributed by atoms with Gasteiger partial charge in [-0.25, -0.2) is 5.01 Å². The van der Waals surface area contributed by atoms with Gasteiger partial charge in [0.05, 0.1) is 0 Å². The minimum Gasteiger partial charge on any atom is -0.484 e. The van der Waals surface area contributed by atoms with Crippen molar-refractivity contribution in [1.82, 2.24) is 10.4 Å². The van der Waals surface area contributed by atoms with E-state index < -0.39 is 25.6 Å². The first-order valence-electron chi connectivity index (χ1n) is 10.2. The summed E-state index contributed by atoms with van der Waals surface area (Å²) in [6, 6.07) is 13.5. The fourth-order valence-corrected chi connectivity index (χ4v) is 3.58. The van der Waals surface area contributed by atoms with E-state index in [-0.39, 0.29) is 29.6 Å². The van der Waals surface area contributed by atoms with E-state index in [2.05, 4.69) is 5.43 Å². The molecule has 1 atom stereocenters. The van der Waals surface area contributed by atoms with Crippen molar-refractivity contribution in [2.75, 3.05) is 19.8 Å². The van der Waals surface area contributed by atoms with Crippen molar-refractivity contribution < 1.29 is 35.8 Å². The minimum atomic E-state index is -4.54. The van der Waals surface area contributed by atoms with Crippen LogP contribution < -0.4 is 14.9 Å². The van der Waals surface area contributed by atoms with E-state index in [9.17, 15) is 26.3 Å². The van der Waals surface area contributed by atoms with Crippen LogP contribution in [0.2, 0.25) is 0 Å². The molecule has 1 fully saturated rings. The first-order chi connectivity index (χ1) is 15.1. The van der Waals surface area contributed by atoms with Crippen LogP contribution in [0.1, 0.15) is 36.4 Å². The molecule has 0 aliphatic carbocycles. The summed E-state index contributed by atoms with van der Waals surface area (Å²) in [7, 11) is 0. The van der Waals surface area contributed by atoms with Gasteiger partial charge in [0.1, 0.15) is 11.5 Å². The number of alkyl halides is 6. The standard InChI is InChI=1S/C22H24F6N2O2/c23-21(24,25)14-31-18-9-10-20(32-15-22(26,27)28)17(12-18)13-29-30-11-5-4-8-19(30)16-6-2-1-3-7-16/h1-3,6-7,9-10,12,19,29H,4-5,8,11,13-15H2. The van der Waals surface area contributed by atoms with Crippen molar-refractivity contribution >= 4 is 0 Å². The summed E-state index contributed by atoms with van der Waals surface area (Å²) < 4.78 is 84.9. The number of hydrogen-bond acceptors (Lipinski definition) is 4. The smallest absolute Gasteiger partial charge is 0.422 e. The predicted octanol–water partition coefficient (Wildman–Crippen LogP) is 5.80. The zero-order chi connectivity index (χ0) is 23.2. The Morgan fingerprint density at radius 2 is 1.56 bits per heavy atom. The molecule has 1 aliphatic rings. The van der Waals surface area contributed by atoms with Crippen LogP contribution >= 0.6 is 0 Å². The van der Waals surface area contributed by atoms with Crippen molar-refractivity contribution in [2.24, 2.45) is 0 Å². The van der Waals surface area contributed by atoms with Crippen LogP contribution in [0.4, 0.5) is 26.3 Å². The molecule has 0 spiro atoms. The maximum Gasteiger partial charge on any atom is 0.422 e. The topological polar surface area (TPSA) is 33.7 Å². The van der Waals surface area contributed by atoms with Gasteiger partial charge in [-0.3, -0.25) is 5.43 Å². The molecule has 1 aliphatic heterocycles. The van der Waals surface area contributed by atoms with Gasteiger partial charge in [-0.15, -0.1) is 0 Å². The summed E-state index contributed by atoms with van der Waals surface area (Å²) in [4.78, 5) is 0. The summed E-state index contributed by atoms with van der Waals surface area (Å²) in [6.45, 7) is -2.20. The average Bonchev–Trinajstić information content (AvgIpc) is 2.75. The molecule has 4 nitrogen and oxygen atoms in total. The van der Waals surface area contributed by atoms with Crippen LogP contribution in [-0.4, -0.2) is 37.1 Å². The zero-order valence-corrected chi connectivity index (χ0v) is 17.2. The Kier molecular flexibility index (Phi) is 7.89. The van der Waals surface area contributed by atoms with E-state index in [1.807, 2.05) is 35.3 Å². The van der Waals surface area contributed by atoms with E-state index >= 15 is 0 Å². The molecule has 1 unspecified atom stereocenters. The average molecular weight is 462 g/mol. The van der Waals surface area contributed by atoms with E-state index in [1.54, 1.807) is 0 Å². The van der Waals surface area contributed by atoms with Crippen molar-refractivity contribution in [1.29, 1.82) is 0 Å². The van der Waals surface area contributed by atoms with Gasteiger partial charge >= 0.3 is 12.4 Å². The Labute approximate surface area is 182 Å². The summed E-state index contributed by atoms with van der Waals surface area (Å²) in [5.74, 6) is -0.167. The Morgan fingerprint density at radius 3 is 2.25 bits per heavy atom. The number of nitrogens with one attached hydrogen (secondary N) is 1. The number of halogens is 6. The second-order valence-corrected chi connectivity index (χ2v) is 7.53. The molecule has 2 aromatic carbocycles. The highest BCUT2D eigenvalue weighted by atomic mass is 19.4. The third kappa shape index (κ3) is 7.59. The maximum atomic E-state index is 12.6. The molecular weight excluding hydrogens is 438 g/mol. The molecule has 0 radical (unpaired) electrons. The van der Waals surface area contributed by atoms with Crippen molar-refractivity contribution in [3.05, 3.63) is 59.7 Å². The highest BCUT2D eigenvalue weighted by Crippen LogP contribution is 2.31. The number of ether oxygens (including phenoxy) is 2. The van der Waals surface area contributed by atoms with Crippen LogP contribution in [0.15, 0.2) is 48.5 Å². The Hall–Kier alpha value is -2.46. The first kappa shape index (κ1) is 24.2. The fraction of sp³-hybridized carbons (Fsp3) is 0.455. The van der Waals surface area contributed by atoms with E-state index in [4.69, 9.17) is 9.47 Å². The van der Waals surface area contributed by atoms with Crippen molar-refractivity contribution in [3.63, 3.8) is 0 Å². The summed E-state index contributed by atoms with van der Waals surface area (Å²) in [5.41, 5.74) is 4.59. The number of nitrogens with zero attached hydrogens (tertiary/aromatic N) is 1. The largest absolute Gasteiger partial charge is 0.484 e. The van der Waals surface area contributed by atoms with Gasteiger partial charge in [0.25, 0.3) is 0 Å². The molecule has 0 saturated carbocycles. The molecule has 0 aromatic heterocycles. The molecule has 3 rings (SSSR count). The molecule has 10 heteroatoms. The second-order valence-electron chi connectivity index (χ2n) is 7.53.